The van der Waals surface area contributed by atoms with Crippen LogP contribution < -0.4 is 5.73 Å². The molecule has 0 aliphatic rings. The fraction of sp³-hybridized carbons (Fsp3) is 0.273. The zero-order valence-corrected chi connectivity index (χ0v) is 8.30. The molecule has 0 aliphatic carbocycles. The van der Waals surface area contributed by atoms with E-state index in [2.05, 4.69) is 6.58 Å². The summed E-state index contributed by atoms with van der Waals surface area (Å²) in [7, 11) is 0. The molecule has 1 nitrogen and oxygen atoms in total. The van der Waals surface area contributed by atoms with E-state index in [-0.39, 0.29) is 6.04 Å². The Morgan fingerprint density at radius 2 is 2.15 bits per heavy atom. The van der Waals surface area contributed by atoms with Crippen LogP contribution in [0.3, 0.4) is 0 Å². The van der Waals surface area contributed by atoms with Crippen LogP contribution in [0, 0.1) is 0 Å². The quantitative estimate of drug-likeness (QED) is 0.733. The third-order valence-electron chi connectivity index (χ3n) is 1.99. The second kappa shape index (κ2) is 5.05. The number of nitrogens with two attached hydrogens (primary N) is 1. The van der Waals surface area contributed by atoms with E-state index < -0.39 is 0 Å². The van der Waals surface area contributed by atoms with Crippen LogP contribution in [0.1, 0.15) is 24.4 Å². The molecule has 0 fully saturated rings. The Balaban J connectivity index is 2.70. The Labute approximate surface area is 84.2 Å². The maximum absolute atomic E-state index is 5.99. The normalized spacial score (nSPS) is 12.5. The highest BCUT2D eigenvalue weighted by Crippen LogP contribution is 2.23. The number of halogens is 1. The van der Waals surface area contributed by atoms with Gasteiger partial charge in [0.2, 0.25) is 0 Å². The van der Waals surface area contributed by atoms with E-state index >= 15 is 0 Å². The Kier molecular flexibility index (Phi) is 4.00. The molecule has 0 unspecified atom stereocenters. The molecule has 70 valence electrons. The first-order valence-corrected chi connectivity index (χ1v) is 4.74. The van der Waals surface area contributed by atoms with Crippen molar-refractivity contribution < 1.29 is 0 Å². The first kappa shape index (κ1) is 10.3. The molecule has 13 heavy (non-hydrogen) atoms. The molecule has 0 radical (unpaired) electrons. The predicted octanol–water partition coefficient (Wildman–Crippen LogP) is 3.31. The van der Waals surface area contributed by atoms with E-state index in [1.54, 1.807) is 0 Å². The summed E-state index contributed by atoms with van der Waals surface area (Å²) in [6.07, 6.45) is 3.69. The van der Waals surface area contributed by atoms with Crippen molar-refractivity contribution in [1.29, 1.82) is 0 Å². The van der Waals surface area contributed by atoms with Crippen LogP contribution >= 0.6 is 11.6 Å². The minimum Gasteiger partial charge on any atom is -0.324 e. The summed E-state index contributed by atoms with van der Waals surface area (Å²) in [5.74, 6) is 0. The van der Waals surface area contributed by atoms with Gasteiger partial charge in [-0.15, -0.1) is 6.58 Å². The van der Waals surface area contributed by atoms with Gasteiger partial charge in [0, 0.05) is 11.1 Å². The van der Waals surface area contributed by atoms with Crippen molar-refractivity contribution in [1.82, 2.24) is 0 Å². The summed E-state index contributed by atoms with van der Waals surface area (Å²) in [6.45, 7) is 3.66. The van der Waals surface area contributed by atoms with Crippen molar-refractivity contribution in [2.24, 2.45) is 5.73 Å². The zero-order valence-electron chi connectivity index (χ0n) is 7.54. The lowest BCUT2D eigenvalue weighted by Gasteiger charge is -2.11. The van der Waals surface area contributed by atoms with Gasteiger partial charge in [0.05, 0.1) is 0 Å². The molecular weight excluding hydrogens is 182 g/mol. The van der Waals surface area contributed by atoms with Gasteiger partial charge < -0.3 is 5.73 Å². The van der Waals surface area contributed by atoms with Gasteiger partial charge in [-0.1, -0.05) is 35.9 Å². The van der Waals surface area contributed by atoms with Gasteiger partial charge in [-0.25, -0.2) is 0 Å². The molecule has 1 rings (SSSR count). The lowest BCUT2D eigenvalue weighted by Crippen LogP contribution is -2.10. The van der Waals surface area contributed by atoms with Gasteiger partial charge in [0.25, 0.3) is 0 Å². The average molecular weight is 196 g/mol. The second-order valence-electron chi connectivity index (χ2n) is 2.99. The van der Waals surface area contributed by atoms with Gasteiger partial charge in [0.1, 0.15) is 0 Å². The molecule has 0 aromatic heterocycles. The highest BCUT2D eigenvalue weighted by molar-refractivity contribution is 6.31. The largest absolute Gasteiger partial charge is 0.324 e. The number of hydrogen-bond acceptors (Lipinski definition) is 1. The van der Waals surface area contributed by atoms with E-state index in [9.17, 15) is 0 Å². The van der Waals surface area contributed by atoms with Crippen LogP contribution in [0.5, 0.6) is 0 Å². The first-order chi connectivity index (χ1) is 6.25. The topological polar surface area (TPSA) is 26.0 Å². The highest BCUT2D eigenvalue weighted by atomic mass is 35.5. The van der Waals surface area contributed by atoms with Crippen LogP contribution in [0.15, 0.2) is 36.9 Å². The molecule has 0 saturated heterocycles. The minimum absolute atomic E-state index is 0.0201. The SMILES string of the molecule is C=CCC[C@H](N)c1ccccc1Cl. The lowest BCUT2D eigenvalue weighted by atomic mass is 10.0. The highest BCUT2D eigenvalue weighted by Gasteiger charge is 2.07. The Hall–Kier alpha value is -0.790. The zero-order chi connectivity index (χ0) is 9.68. The molecule has 0 heterocycles. The summed E-state index contributed by atoms with van der Waals surface area (Å²) in [6, 6.07) is 7.72. The van der Waals surface area contributed by atoms with Crippen LogP contribution in [0.4, 0.5) is 0 Å². The molecular formula is C11H14ClN. The summed E-state index contributed by atoms with van der Waals surface area (Å²) in [4.78, 5) is 0. The summed E-state index contributed by atoms with van der Waals surface area (Å²) in [5.41, 5.74) is 6.97. The number of hydrogen-bond donors (Lipinski definition) is 1. The number of rotatable bonds is 4. The van der Waals surface area contributed by atoms with Crippen LogP contribution in [0.25, 0.3) is 0 Å². The second-order valence-corrected chi connectivity index (χ2v) is 3.40. The third kappa shape index (κ3) is 2.87. The predicted molar refractivity (Wildman–Crippen MR) is 57.8 cm³/mol. The van der Waals surface area contributed by atoms with Crippen LogP contribution in [-0.2, 0) is 0 Å². The van der Waals surface area contributed by atoms with Crippen LogP contribution in [-0.4, -0.2) is 0 Å². The average Bonchev–Trinajstić information content (AvgIpc) is 2.15. The Morgan fingerprint density at radius 1 is 1.46 bits per heavy atom. The lowest BCUT2D eigenvalue weighted by molar-refractivity contribution is 0.662. The van der Waals surface area contributed by atoms with Crippen molar-refractivity contribution in [3.63, 3.8) is 0 Å². The van der Waals surface area contributed by atoms with Crippen LogP contribution in [0.2, 0.25) is 5.02 Å². The van der Waals surface area contributed by atoms with E-state index in [1.165, 1.54) is 0 Å². The van der Waals surface area contributed by atoms with E-state index in [0.29, 0.717) is 0 Å². The molecule has 0 aliphatic heterocycles. The maximum atomic E-state index is 5.99. The number of allylic oxidation sites excluding steroid dienone is 1. The van der Waals surface area contributed by atoms with E-state index in [0.717, 1.165) is 23.4 Å². The number of benzene rings is 1. The van der Waals surface area contributed by atoms with Gasteiger partial charge in [0.15, 0.2) is 0 Å². The van der Waals surface area contributed by atoms with Crippen molar-refractivity contribution in [2.75, 3.05) is 0 Å². The summed E-state index contributed by atoms with van der Waals surface area (Å²) in [5, 5.41) is 0.749. The molecule has 2 heteroatoms. The third-order valence-corrected chi connectivity index (χ3v) is 2.33. The monoisotopic (exact) mass is 195 g/mol. The van der Waals surface area contributed by atoms with E-state index in [4.69, 9.17) is 17.3 Å². The van der Waals surface area contributed by atoms with Gasteiger partial charge in [-0.2, -0.15) is 0 Å². The fourth-order valence-corrected chi connectivity index (χ4v) is 1.50. The fourth-order valence-electron chi connectivity index (χ4n) is 1.23. The van der Waals surface area contributed by atoms with Crippen molar-refractivity contribution in [2.45, 2.75) is 18.9 Å². The molecule has 0 spiro atoms. The molecule has 0 bridgehead atoms. The molecule has 0 amide bonds. The van der Waals surface area contributed by atoms with Gasteiger partial charge in [-0.3, -0.25) is 0 Å². The molecule has 0 saturated carbocycles. The first-order valence-electron chi connectivity index (χ1n) is 4.36. The van der Waals surface area contributed by atoms with Crippen molar-refractivity contribution >= 4 is 11.6 Å². The molecule has 2 N–H and O–H groups in total. The smallest absolute Gasteiger partial charge is 0.0453 e. The molecule has 1 aromatic rings. The van der Waals surface area contributed by atoms with Gasteiger partial charge in [-0.05, 0) is 24.5 Å². The van der Waals surface area contributed by atoms with Gasteiger partial charge >= 0.3 is 0 Å². The minimum atomic E-state index is 0.0201. The molecule has 1 atom stereocenters. The molecule has 1 aromatic carbocycles. The van der Waals surface area contributed by atoms with Crippen molar-refractivity contribution in [3.8, 4) is 0 Å². The Bertz CT molecular complexity index is 283. The summed E-state index contributed by atoms with van der Waals surface area (Å²) >= 11 is 5.99. The standard InChI is InChI=1S/C11H14ClN/c1-2-3-8-11(13)9-6-4-5-7-10(9)12/h2,4-7,11H,1,3,8,13H2/t11-/m0/s1. The maximum Gasteiger partial charge on any atom is 0.0453 e. The van der Waals surface area contributed by atoms with Crippen molar-refractivity contribution in [3.05, 3.63) is 47.5 Å². The summed E-state index contributed by atoms with van der Waals surface area (Å²) < 4.78 is 0. The van der Waals surface area contributed by atoms with E-state index in [1.807, 2.05) is 30.3 Å². The Morgan fingerprint density at radius 3 is 2.77 bits per heavy atom.